The van der Waals surface area contributed by atoms with Crippen LogP contribution in [-0.2, 0) is 9.53 Å². The third-order valence-corrected chi connectivity index (χ3v) is 5.94. The molecule has 0 aliphatic rings. The van der Waals surface area contributed by atoms with Crippen molar-refractivity contribution in [2.24, 2.45) is 0 Å². The van der Waals surface area contributed by atoms with Crippen molar-refractivity contribution in [3.05, 3.63) is 89.5 Å². The zero-order valence-electron chi connectivity index (χ0n) is 19.3. The predicted molar refractivity (Wildman–Crippen MR) is 137 cm³/mol. The monoisotopic (exact) mass is 476 g/mol. The average molecular weight is 477 g/mol. The molecule has 0 bridgehead atoms. The number of hydrogen-bond acceptors (Lipinski definition) is 5. The third-order valence-electron chi connectivity index (χ3n) is 4.93. The van der Waals surface area contributed by atoms with Crippen LogP contribution in [0.2, 0.25) is 0 Å². The van der Waals surface area contributed by atoms with Crippen LogP contribution in [-0.4, -0.2) is 30.1 Å². The number of aryl methyl sites for hydroxylation is 1. The fourth-order valence-corrected chi connectivity index (χ4v) is 3.67. The molecule has 0 heterocycles. The lowest BCUT2D eigenvalue weighted by atomic mass is 10.1. The van der Waals surface area contributed by atoms with Crippen molar-refractivity contribution in [3.63, 3.8) is 0 Å². The maximum absolute atomic E-state index is 12.3. The van der Waals surface area contributed by atoms with E-state index in [0.29, 0.717) is 29.1 Å². The quantitative estimate of drug-likeness (QED) is 0.215. The van der Waals surface area contributed by atoms with Crippen LogP contribution in [0.5, 0.6) is 0 Å². The number of carbonyl (C=O) groups is 3. The highest BCUT2D eigenvalue weighted by atomic mass is 32.2. The molecule has 3 aromatic carbocycles. The van der Waals surface area contributed by atoms with Crippen LogP contribution in [0, 0.1) is 6.92 Å². The Kier molecular flexibility index (Phi) is 9.29. The first-order valence-corrected chi connectivity index (χ1v) is 12.1. The van der Waals surface area contributed by atoms with Crippen LogP contribution in [0.15, 0.2) is 77.7 Å². The molecule has 2 N–H and O–H groups in total. The predicted octanol–water partition coefficient (Wildman–Crippen LogP) is 5.94. The summed E-state index contributed by atoms with van der Waals surface area (Å²) in [7, 11) is 0. The Morgan fingerprint density at radius 1 is 0.794 bits per heavy atom. The van der Waals surface area contributed by atoms with Crippen molar-refractivity contribution in [3.8, 4) is 0 Å². The van der Waals surface area contributed by atoms with E-state index >= 15 is 0 Å². The van der Waals surface area contributed by atoms with E-state index in [1.54, 1.807) is 36.4 Å². The smallest absolute Gasteiger partial charge is 0.338 e. The molecule has 0 unspecified atom stereocenters. The fraction of sp³-hybridized carbons (Fsp3) is 0.222. The van der Waals surface area contributed by atoms with Gasteiger partial charge in [0.2, 0.25) is 5.91 Å². The Hall–Kier alpha value is -3.58. The Morgan fingerprint density at radius 3 is 2.03 bits per heavy atom. The molecule has 0 saturated carbocycles. The van der Waals surface area contributed by atoms with Gasteiger partial charge < -0.3 is 15.4 Å². The summed E-state index contributed by atoms with van der Waals surface area (Å²) in [6, 6.07) is 21.4. The van der Waals surface area contributed by atoms with Crippen molar-refractivity contribution in [2.75, 3.05) is 23.0 Å². The Bertz CT molecular complexity index is 1110. The zero-order chi connectivity index (χ0) is 24.3. The van der Waals surface area contributed by atoms with E-state index in [2.05, 4.69) is 10.6 Å². The van der Waals surface area contributed by atoms with Crippen molar-refractivity contribution < 1.29 is 19.1 Å². The molecule has 0 aromatic heterocycles. The second kappa shape index (κ2) is 12.6. The van der Waals surface area contributed by atoms with Crippen LogP contribution < -0.4 is 10.6 Å². The number of carbonyl (C=O) groups excluding carboxylic acids is 3. The van der Waals surface area contributed by atoms with Crippen LogP contribution in [0.1, 0.15) is 46.0 Å². The largest absolute Gasteiger partial charge is 0.462 e. The highest BCUT2D eigenvalue weighted by Gasteiger charge is 2.09. The molecule has 7 heteroatoms. The molecular formula is C27H28N2O4S. The average Bonchev–Trinajstić information content (AvgIpc) is 2.84. The van der Waals surface area contributed by atoms with Gasteiger partial charge in [-0.2, -0.15) is 0 Å². The maximum Gasteiger partial charge on any atom is 0.338 e. The van der Waals surface area contributed by atoms with Gasteiger partial charge in [-0.3, -0.25) is 9.59 Å². The topological polar surface area (TPSA) is 84.5 Å². The van der Waals surface area contributed by atoms with E-state index in [9.17, 15) is 14.4 Å². The number of nitrogens with one attached hydrogen (secondary N) is 2. The summed E-state index contributed by atoms with van der Waals surface area (Å²) in [6.45, 7) is 4.42. The van der Waals surface area contributed by atoms with Crippen LogP contribution in [0.3, 0.4) is 0 Å². The standard InChI is InChI=1S/C27H28N2O4S/c1-3-4-17-33-27(32)21-9-11-22(12-10-21)28-25(30)18-34-24-15-13-23(14-16-24)29-26(31)20-7-5-19(2)6-8-20/h5-16H,3-4,17-18H2,1-2H3,(H,28,30)(H,29,31). The molecular weight excluding hydrogens is 448 g/mol. The van der Waals surface area contributed by atoms with Gasteiger partial charge in [0, 0.05) is 21.8 Å². The lowest BCUT2D eigenvalue weighted by Crippen LogP contribution is -2.14. The lowest BCUT2D eigenvalue weighted by molar-refractivity contribution is -0.113. The van der Waals surface area contributed by atoms with E-state index < -0.39 is 0 Å². The van der Waals surface area contributed by atoms with E-state index in [-0.39, 0.29) is 23.5 Å². The van der Waals surface area contributed by atoms with Crippen LogP contribution in [0.25, 0.3) is 0 Å². The van der Waals surface area contributed by atoms with E-state index in [0.717, 1.165) is 23.3 Å². The minimum Gasteiger partial charge on any atom is -0.462 e. The summed E-state index contributed by atoms with van der Waals surface area (Å²) in [5, 5.41) is 5.69. The third kappa shape index (κ3) is 7.78. The minimum atomic E-state index is -0.361. The Labute approximate surface area is 204 Å². The highest BCUT2D eigenvalue weighted by Crippen LogP contribution is 2.21. The van der Waals surface area contributed by atoms with Crippen molar-refractivity contribution in [1.29, 1.82) is 0 Å². The molecule has 2 amide bonds. The summed E-state index contributed by atoms with van der Waals surface area (Å²) in [6.07, 6.45) is 1.80. The number of benzene rings is 3. The van der Waals surface area contributed by atoms with Gasteiger partial charge in [-0.15, -0.1) is 11.8 Å². The molecule has 176 valence electrons. The number of amides is 2. The number of anilines is 2. The first-order chi connectivity index (χ1) is 16.4. The number of thioether (sulfide) groups is 1. The SMILES string of the molecule is CCCCOC(=O)c1ccc(NC(=O)CSc2ccc(NC(=O)c3ccc(C)cc3)cc2)cc1. The summed E-state index contributed by atoms with van der Waals surface area (Å²) in [5.41, 5.74) is 3.46. The van der Waals surface area contributed by atoms with Crippen LogP contribution in [0.4, 0.5) is 11.4 Å². The number of unbranched alkanes of at least 4 members (excludes halogenated alkanes) is 1. The Balaban J connectivity index is 1.44. The van der Waals surface area contributed by atoms with Gasteiger partial charge in [-0.05, 0) is 74.0 Å². The molecule has 0 saturated heterocycles. The normalized spacial score (nSPS) is 10.4. The van der Waals surface area contributed by atoms with Gasteiger partial charge in [0.15, 0.2) is 0 Å². The Morgan fingerprint density at radius 2 is 1.38 bits per heavy atom. The first kappa shape index (κ1) is 25.1. The number of esters is 1. The second-order valence-corrected chi connectivity index (χ2v) is 8.80. The lowest BCUT2D eigenvalue weighted by Gasteiger charge is -2.08. The minimum absolute atomic E-state index is 0.153. The highest BCUT2D eigenvalue weighted by molar-refractivity contribution is 8.00. The van der Waals surface area contributed by atoms with E-state index in [1.165, 1.54) is 11.8 Å². The van der Waals surface area contributed by atoms with Gasteiger partial charge in [-0.1, -0.05) is 31.0 Å². The van der Waals surface area contributed by atoms with E-state index in [1.807, 2.05) is 50.2 Å². The van der Waals surface area contributed by atoms with Crippen molar-refractivity contribution >= 4 is 40.9 Å². The van der Waals surface area contributed by atoms with Crippen LogP contribution >= 0.6 is 11.8 Å². The molecule has 0 aliphatic heterocycles. The maximum atomic E-state index is 12.3. The van der Waals surface area contributed by atoms with Crippen molar-refractivity contribution in [2.45, 2.75) is 31.6 Å². The second-order valence-electron chi connectivity index (χ2n) is 7.75. The van der Waals surface area contributed by atoms with Gasteiger partial charge in [0.25, 0.3) is 5.91 Å². The first-order valence-electron chi connectivity index (χ1n) is 11.1. The molecule has 6 nitrogen and oxygen atoms in total. The van der Waals surface area contributed by atoms with Crippen molar-refractivity contribution in [1.82, 2.24) is 0 Å². The number of rotatable bonds is 10. The molecule has 3 aromatic rings. The molecule has 0 fully saturated rings. The molecule has 0 atom stereocenters. The van der Waals surface area contributed by atoms with Gasteiger partial charge in [0.1, 0.15) is 0 Å². The molecule has 0 spiro atoms. The number of ether oxygens (including phenoxy) is 1. The molecule has 34 heavy (non-hydrogen) atoms. The summed E-state index contributed by atoms with van der Waals surface area (Å²) < 4.78 is 5.18. The summed E-state index contributed by atoms with van der Waals surface area (Å²) in [4.78, 5) is 37.5. The van der Waals surface area contributed by atoms with Gasteiger partial charge in [-0.25, -0.2) is 4.79 Å². The summed E-state index contributed by atoms with van der Waals surface area (Å²) in [5.74, 6) is -0.448. The fourth-order valence-electron chi connectivity index (χ4n) is 2.97. The van der Waals surface area contributed by atoms with Gasteiger partial charge >= 0.3 is 5.97 Å². The summed E-state index contributed by atoms with van der Waals surface area (Å²) >= 11 is 1.39. The molecule has 0 aliphatic carbocycles. The van der Waals surface area contributed by atoms with E-state index in [4.69, 9.17) is 4.74 Å². The molecule has 0 radical (unpaired) electrons. The zero-order valence-corrected chi connectivity index (χ0v) is 20.1. The molecule has 3 rings (SSSR count). The number of hydrogen-bond donors (Lipinski definition) is 2. The van der Waals surface area contributed by atoms with Gasteiger partial charge in [0.05, 0.1) is 17.9 Å².